The van der Waals surface area contributed by atoms with Gasteiger partial charge in [-0.2, -0.15) is 0 Å². The Balaban J connectivity index is 2.64. The van der Waals surface area contributed by atoms with E-state index in [4.69, 9.17) is 15.8 Å². The van der Waals surface area contributed by atoms with Crippen LogP contribution in [0.3, 0.4) is 0 Å². The van der Waals surface area contributed by atoms with Gasteiger partial charge in [0.1, 0.15) is 0 Å². The smallest absolute Gasteiger partial charge is 0.301 e. The summed E-state index contributed by atoms with van der Waals surface area (Å²) in [5.41, 5.74) is 0.926. The van der Waals surface area contributed by atoms with Crippen LogP contribution in [-0.4, -0.2) is 17.8 Å². The highest BCUT2D eigenvalue weighted by Crippen LogP contribution is 2.56. The molecule has 1 atom stereocenters. The maximum Gasteiger partial charge on any atom is 0.363 e. The minimum absolute atomic E-state index is 0.215. The lowest BCUT2D eigenvalue weighted by Gasteiger charge is -2.23. The molecule has 1 aromatic carbocycles. The Morgan fingerprint density at radius 2 is 1.78 bits per heavy atom. The summed E-state index contributed by atoms with van der Waals surface area (Å²) in [5, 5.41) is 0. The van der Waals surface area contributed by atoms with E-state index in [0.717, 1.165) is 5.56 Å². The zero-order valence-corrected chi connectivity index (χ0v) is 11.8. The van der Waals surface area contributed by atoms with Gasteiger partial charge in [0.05, 0.1) is 6.61 Å². The largest absolute Gasteiger partial charge is 0.363 e. The average molecular weight is 286 g/mol. The second kappa shape index (κ2) is 7.55. The summed E-state index contributed by atoms with van der Waals surface area (Å²) in [6, 6.07) is 9.47. The van der Waals surface area contributed by atoms with Gasteiger partial charge in [-0.3, -0.25) is 4.57 Å². The first-order valence-electron chi connectivity index (χ1n) is 5.55. The van der Waals surface area contributed by atoms with E-state index >= 15 is 0 Å². The Morgan fingerprint density at radius 3 is 2.28 bits per heavy atom. The van der Waals surface area contributed by atoms with Gasteiger partial charge in [0, 0.05) is 13.1 Å². The summed E-state index contributed by atoms with van der Waals surface area (Å²) >= 11 is 5.97. The Kier molecular flexibility index (Phi) is 6.37. The molecule has 0 fully saturated rings. The van der Waals surface area contributed by atoms with Gasteiger partial charge < -0.3 is 4.52 Å². The summed E-state index contributed by atoms with van der Waals surface area (Å²) in [6.45, 7) is 4.86. The van der Waals surface area contributed by atoms with Crippen LogP contribution in [0.5, 0.6) is 0 Å². The number of hydrogen-bond acceptors (Lipinski definition) is 2. The fraction of sp³-hybridized carbons (Fsp3) is 0.231. The molecule has 0 radical (unpaired) electrons. The Hall–Kier alpha value is -0.860. The van der Waals surface area contributed by atoms with E-state index in [0.29, 0.717) is 13.1 Å². The van der Waals surface area contributed by atoms with Crippen molar-refractivity contribution in [1.29, 1.82) is 0 Å². The van der Waals surface area contributed by atoms with E-state index in [2.05, 4.69) is 13.2 Å². The van der Waals surface area contributed by atoms with Crippen LogP contribution in [-0.2, 0) is 15.7 Å². The molecule has 0 saturated heterocycles. The summed E-state index contributed by atoms with van der Waals surface area (Å²) in [5.74, 6) is 0. The molecular weight excluding hydrogens is 269 g/mol. The highest BCUT2D eigenvalue weighted by Gasteiger charge is 2.27. The van der Waals surface area contributed by atoms with Crippen LogP contribution in [0.1, 0.15) is 5.56 Å². The van der Waals surface area contributed by atoms with Crippen molar-refractivity contribution < 1.29 is 9.09 Å². The van der Waals surface area contributed by atoms with E-state index in [1.807, 2.05) is 30.3 Å². The monoisotopic (exact) mass is 285 g/mol. The quantitative estimate of drug-likeness (QED) is 0.529. The molecule has 1 aromatic rings. The molecule has 0 spiro atoms. The van der Waals surface area contributed by atoms with E-state index in [1.54, 1.807) is 12.2 Å². The summed E-state index contributed by atoms with van der Waals surface area (Å²) in [4.78, 5) is 0. The molecule has 0 aliphatic carbocycles. The van der Waals surface area contributed by atoms with Gasteiger partial charge in [-0.15, -0.1) is 13.2 Å². The standard InChI is InChI=1S/C13H17ClNO2P/c1-3-10-15(11-4-2)18(14,16)17-12-13-8-6-5-7-9-13/h3-9H,1-2,10-12H2. The lowest BCUT2D eigenvalue weighted by molar-refractivity contribution is 0.275. The van der Waals surface area contributed by atoms with Crippen molar-refractivity contribution in [1.82, 2.24) is 4.67 Å². The van der Waals surface area contributed by atoms with Gasteiger partial charge in [0.25, 0.3) is 0 Å². The molecule has 18 heavy (non-hydrogen) atoms. The lowest BCUT2D eigenvalue weighted by Crippen LogP contribution is -2.19. The number of benzene rings is 1. The first-order valence-corrected chi connectivity index (χ1v) is 8.04. The SMILES string of the molecule is C=CCN(CC=C)P(=O)(Cl)OCc1ccccc1. The van der Waals surface area contributed by atoms with Crippen LogP contribution in [0.25, 0.3) is 0 Å². The van der Waals surface area contributed by atoms with E-state index < -0.39 is 6.87 Å². The maximum atomic E-state index is 12.2. The summed E-state index contributed by atoms with van der Waals surface area (Å²) in [7, 11) is 0. The molecule has 3 nitrogen and oxygen atoms in total. The first-order chi connectivity index (χ1) is 8.60. The molecule has 0 bridgehead atoms. The number of hydrogen-bond donors (Lipinski definition) is 0. The molecular formula is C13H17ClNO2P. The van der Waals surface area contributed by atoms with Crippen molar-refractivity contribution in [2.45, 2.75) is 6.61 Å². The van der Waals surface area contributed by atoms with Crippen LogP contribution < -0.4 is 0 Å². The molecule has 0 amide bonds. The fourth-order valence-electron chi connectivity index (χ4n) is 1.38. The zero-order valence-electron chi connectivity index (χ0n) is 10.2. The van der Waals surface area contributed by atoms with Crippen molar-refractivity contribution in [3.05, 3.63) is 61.2 Å². The molecule has 0 saturated carbocycles. The zero-order chi connectivity index (χ0) is 13.4. The average Bonchev–Trinajstić information content (AvgIpc) is 2.37. The van der Waals surface area contributed by atoms with Crippen LogP contribution >= 0.6 is 18.1 Å². The molecule has 0 aromatic heterocycles. The topological polar surface area (TPSA) is 29.5 Å². The van der Waals surface area contributed by atoms with E-state index in [1.165, 1.54) is 4.67 Å². The van der Waals surface area contributed by atoms with Gasteiger partial charge in [-0.1, -0.05) is 42.5 Å². The minimum Gasteiger partial charge on any atom is -0.301 e. The summed E-state index contributed by atoms with van der Waals surface area (Å²) < 4.78 is 19.1. The van der Waals surface area contributed by atoms with Gasteiger partial charge >= 0.3 is 6.87 Å². The van der Waals surface area contributed by atoms with Crippen molar-refractivity contribution in [2.75, 3.05) is 13.1 Å². The molecule has 5 heteroatoms. The predicted molar refractivity (Wildman–Crippen MR) is 76.7 cm³/mol. The van der Waals surface area contributed by atoms with E-state index in [-0.39, 0.29) is 6.61 Å². The Bertz CT molecular complexity index is 426. The highest BCUT2D eigenvalue weighted by molar-refractivity contribution is 7.83. The Morgan fingerprint density at radius 1 is 1.22 bits per heavy atom. The van der Waals surface area contributed by atoms with E-state index in [9.17, 15) is 4.57 Å². The predicted octanol–water partition coefficient (Wildman–Crippen LogP) is 4.22. The highest BCUT2D eigenvalue weighted by atomic mass is 35.7. The third-order valence-corrected chi connectivity index (χ3v) is 4.63. The van der Waals surface area contributed by atoms with Crippen molar-refractivity contribution in [3.8, 4) is 0 Å². The Labute approximate surface area is 113 Å². The van der Waals surface area contributed by atoms with Crippen LogP contribution in [0.15, 0.2) is 55.6 Å². The second-order valence-electron chi connectivity index (χ2n) is 3.66. The van der Waals surface area contributed by atoms with Crippen molar-refractivity contribution in [2.24, 2.45) is 0 Å². The van der Waals surface area contributed by atoms with Gasteiger partial charge in [0.2, 0.25) is 0 Å². The number of rotatable bonds is 8. The molecule has 1 rings (SSSR count). The summed E-state index contributed by atoms with van der Waals surface area (Å²) in [6.07, 6.45) is 3.26. The minimum atomic E-state index is -3.34. The van der Waals surface area contributed by atoms with Crippen molar-refractivity contribution >= 4 is 18.1 Å². The van der Waals surface area contributed by atoms with Crippen LogP contribution in [0.4, 0.5) is 0 Å². The molecule has 0 aliphatic heterocycles. The van der Waals surface area contributed by atoms with Gasteiger partial charge in [-0.25, -0.2) is 4.67 Å². The second-order valence-corrected chi connectivity index (χ2v) is 6.67. The molecule has 0 N–H and O–H groups in total. The molecule has 0 aliphatic rings. The van der Waals surface area contributed by atoms with Gasteiger partial charge in [-0.05, 0) is 16.8 Å². The molecule has 1 unspecified atom stereocenters. The molecule has 0 heterocycles. The maximum absolute atomic E-state index is 12.2. The normalized spacial score (nSPS) is 14.1. The fourth-order valence-corrected chi connectivity index (χ4v) is 2.99. The third kappa shape index (κ3) is 4.79. The van der Waals surface area contributed by atoms with Gasteiger partial charge in [0.15, 0.2) is 0 Å². The van der Waals surface area contributed by atoms with Crippen molar-refractivity contribution in [3.63, 3.8) is 0 Å². The number of nitrogens with zero attached hydrogens (tertiary/aromatic N) is 1. The van der Waals surface area contributed by atoms with Crippen LogP contribution in [0, 0.1) is 0 Å². The lowest BCUT2D eigenvalue weighted by atomic mass is 10.2. The number of halogens is 1. The van der Waals surface area contributed by atoms with Crippen LogP contribution in [0.2, 0.25) is 0 Å². The molecule has 98 valence electrons. The third-order valence-electron chi connectivity index (χ3n) is 2.25. The first kappa shape index (κ1) is 15.2.